The molecule has 1 saturated heterocycles. The largest absolute Gasteiger partial charge is 0.323 e. The van der Waals surface area contributed by atoms with Crippen LogP contribution in [0, 0.1) is 11.8 Å². The van der Waals surface area contributed by atoms with Gasteiger partial charge in [0.1, 0.15) is 0 Å². The first-order valence-electron chi connectivity index (χ1n) is 5.11. The van der Waals surface area contributed by atoms with Crippen molar-refractivity contribution in [3.63, 3.8) is 0 Å². The monoisotopic (exact) mass is 168 g/mol. The SMILES string of the molecule is CC(C)C1(N)CN(CC2CC2)C1. The van der Waals surface area contributed by atoms with Gasteiger partial charge in [0.2, 0.25) is 0 Å². The van der Waals surface area contributed by atoms with Gasteiger partial charge in [-0.05, 0) is 24.7 Å². The van der Waals surface area contributed by atoms with Gasteiger partial charge in [-0.25, -0.2) is 0 Å². The van der Waals surface area contributed by atoms with Crippen LogP contribution in [0.15, 0.2) is 0 Å². The fourth-order valence-corrected chi connectivity index (χ4v) is 1.95. The van der Waals surface area contributed by atoms with E-state index in [1.807, 2.05) is 0 Å². The van der Waals surface area contributed by atoms with Crippen LogP contribution in [0.2, 0.25) is 0 Å². The molecule has 0 atom stereocenters. The van der Waals surface area contributed by atoms with Gasteiger partial charge in [0.25, 0.3) is 0 Å². The van der Waals surface area contributed by atoms with Crippen LogP contribution in [0.5, 0.6) is 0 Å². The van der Waals surface area contributed by atoms with E-state index in [-0.39, 0.29) is 5.54 Å². The summed E-state index contributed by atoms with van der Waals surface area (Å²) in [6, 6.07) is 0. The third-order valence-electron chi connectivity index (χ3n) is 3.40. The molecule has 0 amide bonds. The van der Waals surface area contributed by atoms with E-state index in [4.69, 9.17) is 5.73 Å². The first-order valence-corrected chi connectivity index (χ1v) is 5.11. The Hall–Kier alpha value is -0.0800. The van der Waals surface area contributed by atoms with Gasteiger partial charge in [-0.3, -0.25) is 4.90 Å². The number of hydrogen-bond acceptors (Lipinski definition) is 2. The Morgan fingerprint density at radius 2 is 2.00 bits per heavy atom. The summed E-state index contributed by atoms with van der Waals surface area (Å²) in [5, 5.41) is 0. The van der Waals surface area contributed by atoms with Crippen LogP contribution in [0.25, 0.3) is 0 Å². The molecule has 70 valence electrons. The molecule has 0 aromatic heterocycles. The Bertz CT molecular complexity index is 167. The second kappa shape index (κ2) is 2.71. The van der Waals surface area contributed by atoms with Gasteiger partial charge in [0, 0.05) is 25.2 Å². The molecular formula is C10H20N2. The van der Waals surface area contributed by atoms with Crippen molar-refractivity contribution in [2.24, 2.45) is 17.6 Å². The maximum absolute atomic E-state index is 6.19. The Kier molecular flexibility index (Phi) is 1.92. The van der Waals surface area contributed by atoms with Crippen LogP contribution in [-0.2, 0) is 0 Å². The Morgan fingerprint density at radius 1 is 1.42 bits per heavy atom. The molecule has 2 aliphatic rings. The van der Waals surface area contributed by atoms with Crippen molar-refractivity contribution in [3.05, 3.63) is 0 Å². The molecule has 0 aromatic carbocycles. The summed E-state index contributed by atoms with van der Waals surface area (Å²) in [6.07, 6.45) is 2.91. The minimum Gasteiger partial charge on any atom is -0.323 e. The highest BCUT2D eigenvalue weighted by Crippen LogP contribution is 2.34. The molecule has 1 saturated carbocycles. The number of likely N-dealkylation sites (tertiary alicyclic amines) is 1. The highest BCUT2D eigenvalue weighted by molar-refractivity contribution is 5.02. The molecule has 2 nitrogen and oxygen atoms in total. The summed E-state index contributed by atoms with van der Waals surface area (Å²) in [5.74, 6) is 1.65. The van der Waals surface area contributed by atoms with Crippen molar-refractivity contribution < 1.29 is 0 Å². The highest BCUT2D eigenvalue weighted by atomic mass is 15.3. The van der Waals surface area contributed by atoms with Gasteiger partial charge < -0.3 is 5.73 Å². The smallest absolute Gasteiger partial charge is 0.0435 e. The molecule has 0 unspecified atom stereocenters. The van der Waals surface area contributed by atoms with Crippen molar-refractivity contribution in [3.8, 4) is 0 Å². The Balaban J connectivity index is 1.74. The first-order chi connectivity index (χ1) is 5.60. The van der Waals surface area contributed by atoms with Crippen molar-refractivity contribution in [1.29, 1.82) is 0 Å². The molecule has 0 bridgehead atoms. The lowest BCUT2D eigenvalue weighted by molar-refractivity contribution is 0.0343. The van der Waals surface area contributed by atoms with Gasteiger partial charge in [-0.2, -0.15) is 0 Å². The molecule has 0 spiro atoms. The number of rotatable bonds is 3. The van der Waals surface area contributed by atoms with Crippen LogP contribution in [0.1, 0.15) is 26.7 Å². The summed E-state index contributed by atoms with van der Waals surface area (Å²) < 4.78 is 0. The maximum Gasteiger partial charge on any atom is 0.0435 e. The van der Waals surface area contributed by atoms with Gasteiger partial charge in [0.15, 0.2) is 0 Å². The summed E-state index contributed by atoms with van der Waals surface area (Å²) in [7, 11) is 0. The molecule has 1 aliphatic carbocycles. The van der Waals surface area contributed by atoms with E-state index in [0.717, 1.165) is 19.0 Å². The molecule has 2 fully saturated rings. The van der Waals surface area contributed by atoms with E-state index in [2.05, 4.69) is 18.7 Å². The summed E-state index contributed by atoms with van der Waals surface area (Å²) in [5.41, 5.74) is 6.32. The fourth-order valence-electron chi connectivity index (χ4n) is 1.95. The summed E-state index contributed by atoms with van der Waals surface area (Å²) >= 11 is 0. The molecule has 1 heterocycles. The molecule has 2 N–H and O–H groups in total. The average Bonchev–Trinajstić information content (AvgIpc) is 2.67. The normalized spacial score (nSPS) is 29.0. The number of nitrogens with two attached hydrogens (primary N) is 1. The van der Waals surface area contributed by atoms with Crippen LogP contribution in [0.4, 0.5) is 0 Å². The lowest BCUT2D eigenvalue weighted by atomic mass is 9.80. The molecular weight excluding hydrogens is 148 g/mol. The number of hydrogen-bond donors (Lipinski definition) is 1. The zero-order chi connectivity index (χ0) is 8.77. The second-order valence-corrected chi connectivity index (χ2v) is 5.00. The van der Waals surface area contributed by atoms with E-state index in [0.29, 0.717) is 5.92 Å². The number of nitrogens with zero attached hydrogens (tertiary/aromatic N) is 1. The highest BCUT2D eigenvalue weighted by Gasteiger charge is 2.43. The molecule has 2 heteroatoms. The van der Waals surface area contributed by atoms with E-state index < -0.39 is 0 Å². The van der Waals surface area contributed by atoms with Crippen LogP contribution in [0.3, 0.4) is 0 Å². The minimum absolute atomic E-state index is 0.134. The first kappa shape index (κ1) is 8.52. The Labute approximate surface area is 75.1 Å². The lowest BCUT2D eigenvalue weighted by Crippen LogP contribution is -2.70. The van der Waals surface area contributed by atoms with Gasteiger partial charge in [-0.15, -0.1) is 0 Å². The third-order valence-corrected chi connectivity index (χ3v) is 3.40. The zero-order valence-corrected chi connectivity index (χ0v) is 8.21. The lowest BCUT2D eigenvalue weighted by Gasteiger charge is -2.50. The van der Waals surface area contributed by atoms with E-state index >= 15 is 0 Å². The molecule has 2 rings (SSSR count). The molecule has 12 heavy (non-hydrogen) atoms. The average molecular weight is 168 g/mol. The standard InChI is InChI=1S/C10H20N2/c1-8(2)10(11)6-12(7-10)5-9-3-4-9/h8-9H,3-7,11H2,1-2H3. The predicted molar refractivity (Wildman–Crippen MR) is 50.9 cm³/mol. The molecule has 1 aliphatic heterocycles. The van der Waals surface area contributed by atoms with Crippen LogP contribution < -0.4 is 5.73 Å². The maximum atomic E-state index is 6.19. The van der Waals surface area contributed by atoms with Crippen LogP contribution in [-0.4, -0.2) is 30.1 Å². The van der Waals surface area contributed by atoms with Gasteiger partial charge >= 0.3 is 0 Å². The minimum atomic E-state index is 0.134. The summed E-state index contributed by atoms with van der Waals surface area (Å²) in [6.45, 7) is 8.02. The Morgan fingerprint density at radius 3 is 2.42 bits per heavy atom. The van der Waals surface area contributed by atoms with E-state index in [1.54, 1.807) is 0 Å². The van der Waals surface area contributed by atoms with E-state index in [1.165, 1.54) is 19.4 Å². The zero-order valence-electron chi connectivity index (χ0n) is 8.21. The predicted octanol–water partition coefficient (Wildman–Crippen LogP) is 1.07. The van der Waals surface area contributed by atoms with Crippen LogP contribution >= 0.6 is 0 Å². The molecule has 0 aromatic rings. The van der Waals surface area contributed by atoms with Crippen molar-refractivity contribution in [2.45, 2.75) is 32.2 Å². The van der Waals surface area contributed by atoms with Crippen molar-refractivity contribution in [1.82, 2.24) is 4.90 Å². The summed E-state index contributed by atoms with van der Waals surface area (Å²) in [4.78, 5) is 2.51. The topological polar surface area (TPSA) is 29.3 Å². The van der Waals surface area contributed by atoms with E-state index in [9.17, 15) is 0 Å². The van der Waals surface area contributed by atoms with Crippen molar-refractivity contribution >= 4 is 0 Å². The fraction of sp³-hybridized carbons (Fsp3) is 1.00. The van der Waals surface area contributed by atoms with Gasteiger partial charge in [0.05, 0.1) is 0 Å². The third kappa shape index (κ3) is 1.50. The van der Waals surface area contributed by atoms with Crippen molar-refractivity contribution in [2.75, 3.05) is 19.6 Å². The molecule has 0 radical (unpaired) electrons. The quantitative estimate of drug-likeness (QED) is 0.683. The van der Waals surface area contributed by atoms with Gasteiger partial charge in [-0.1, -0.05) is 13.8 Å². The second-order valence-electron chi connectivity index (χ2n) is 5.00.